The van der Waals surface area contributed by atoms with Crippen LogP contribution in [0.4, 0.5) is 0 Å². The lowest BCUT2D eigenvalue weighted by molar-refractivity contribution is 0.595. The topological polar surface area (TPSA) is 23.1 Å². The zero-order valence-electron chi connectivity index (χ0n) is 7.81. The Labute approximate surface area is 96.9 Å². The van der Waals surface area contributed by atoms with Crippen molar-refractivity contribution >= 4 is 22.8 Å². The summed E-state index contributed by atoms with van der Waals surface area (Å²) < 4.78 is 12.1. The molecule has 0 heterocycles. The maximum absolute atomic E-state index is 12.1. The molecule has 0 saturated carbocycles. The Kier molecular flexibility index (Phi) is 3.31. The van der Waals surface area contributed by atoms with E-state index in [0.717, 1.165) is 0 Å². The van der Waals surface area contributed by atoms with Gasteiger partial charge in [0, 0.05) is 17.2 Å². The number of halogens is 1. The van der Waals surface area contributed by atoms with Gasteiger partial charge in [0.15, 0.2) is 9.79 Å². The molecule has 0 aliphatic carbocycles. The average molecular weight is 236 g/mol. The molecule has 0 aliphatic rings. The van der Waals surface area contributed by atoms with Gasteiger partial charge in [0.05, 0.1) is 5.02 Å². The highest BCUT2D eigenvalue weighted by molar-refractivity contribution is 7.91. The molecular weight excluding hydrogens is 228 g/mol. The highest BCUT2D eigenvalue weighted by Gasteiger charge is 2.17. The van der Waals surface area contributed by atoms with E-state index in [1.807, 2.05) is 24.3 Å². The van der Waals surface area contributed by atoms with Crippen LogP contribution in [0.15, 0.2) is 58.3 Å². The summed E-state index contributed by atoms with van der Waals surface area (Å²) in [5.74, 6) is 0. The van der Waals surface area contributed by atoms with E-state index < -0.39 is 11.2 Å². The van der Waals surface area contributed by atoms with Crippen LogP contribution < -0.4 is 0 Å². The molecule has 75 valence electrons. The lowest BCUT2D eigenvalue weighted by atomic mass is 10.4. The third-order valence-electron chi connectivity index (χ3n) is 1.92. The lowest BCUT2D eigenvalue weighted by Crippen LogP contribution is -2.02. The summed E-state index contributed by atoms with van der Waals surface area (Å²) in [7, 11) is 0. The second-order valence-corrected chi connectivity index (χ2v) is 4.75. The molecular formula is C12H8ClOS. The average Bonchev–Trinajstić information content (AvgIpc) is 2.30. The summed E-state index contributed by atoms with van der Waals surface area (Å²) in [5.41, 5.74) is 0. The SMILES string of the molecule is [O-][S+](c1[c]cccc1)c1ccccc1Cl. The second-order valence-electron chi connectivity index (χ2n) is 2.93. The molecule has 0 amide bonds. The van der Waals surface area contributed by atoms with Crippen molar-refractivity contribution in [1.29, 1.82) is 0 Å². The van der Waals surface area contributed by atoms with Gasteiger partial charge in [0.25, 0.3) is 0 Å². The Morgan fingerprint density at radius 1 is 1.07 bits per heavy atom. The minimum atomic E-state index is -1.25. The summed E-state index contributed by atoms with van der Waals surface area (Å²) in [5, 5.41) is 0.521. The van der Waals surface area contributed by atoms with Crippen LogP contribution in [0.1, 0.15) is 0 Å². The highest BCUT2D eigenvalue weighted by Crippen LogP contribution is 2.26. The Morgan fingerprint density at radius 2 is 1.80 bits per heavy atom. The molecule has 1 unspecified atom stereocenters. The molecule has 0 aliphatic heterocycles. The third kappa shape index (κ3) is 2.34. The van der Waals surface area contributed by atoms with Gasteiger partial charge in [0.1, 0.15) is 0 Å². The molecule has 3 heteroatoms. The van der Waals surface area contributed by atoms with E-state index in [-0.39, 0.29) is 0 Å². The van der Waals surface area contributed by atoms with Gasteiger partial charge in [-0.05, 0) is 24.3 Å². The molecule has 0 spiro atoms. The number of hydrogen-bond donors (Lipinski definition) is 0. The zero-order valence-corrected chi connectivity index (χ0v) is 9.39. The third-order valence-corrected chi connectivity index (χ3v) is 3.77. The van der Waals surface area contributed by atoms with Crippen LogP contribution in [-0.4, -0.2) is 4.55 Å². The van der Waals surface area contributed by atoms with Crippen LogP contribution in [0.5, 0.6) is 0 Å². The minimum absolute atomic E-state index is 0.521. The van der Waals surface area contributed by atoms with E-state index in [1.54, 1.807) is 24.3 Å². The van der Waals surface area contributed by atoms with Gasteiger partial charge < -0.3 is 4.55 Å². The van der Waals surface area contributed by atoms with Crippen molar-refractivity contribution in [2.24, 2.45) is 0 Å². The van der Waals surface area contributed by atoms with Gasteiger partial charge in [-0.15, -0.1) is 0 Å². The molecule has 0 fully saturated rings. The number of rotatable bonds is 2. The summed E-state index contributed by atoms with van der Waals surface area (Å²) >= 11 is 4.72. The van der Waals surface area contributed by atoms with Crippen LogP contribution in [-0.2, 0) is 11.2 Å². The number of benzene rings is 2. The maximum Gasteiger partial charge on any atom is 0.177 e. The molecule has 0 aromatic heterocycles. The van der Waals surface area contributed by atoms with Crippen LogP contribution in [0.25, 0.3) is 0 Å². The summed E-state index contributed by atoms with van der Waals surface area (Å²) in [6, 6.07) is 17.3. The quantitative estimate of drug-likeness (QED) is 0.733. The van der Waals surface area contributed by atoms with Crippen LogP contribution >= 0.6 is 11.6 Å². The van der Waals surface area contributed by atoms with Crippen LogP contribution in [0.3, 0.4) is 0 Å². The van der Waals surface area contributed by atoms with Gasteiger partial charge >= 0.3 is 0 Å². The lowest BCUT2D eigenvalue weighted by Gasteiger charge is -2.10. The van der Waals surface area contributed by atoms with Crippen molar-refractivity contribution in [1.82, 2.24) is 0 Å². The molecule has 0 N–H and O–H groups in total. The van der Waals surface area contributed by atoms with E-state index in [9.17, 15) is 4.55 Å². The first kappa shape index (κ1) is 10.6. The molecule has 1 radical (unpaired) electrons. The van der Waals surface area contributed by atoms with Crippen molar-refractivity contribution in [2.75, 3.05) is 0 Å². The predicted octanol–water partition coefficient (Wildman–Crippen LogP) is 3.31. The smallest absolute Gasteiger partial charge is 0.177 e. The fraction of sp³-hybridized carbons (Fsp3) is 0. The monoisotopic (exact) mass is 235 g/mol. The minimum Gasteiger partial charge on any atom is -0.606 e. The number of hydrogen-bond acceptors (Lipinski definition) is 1. The van der Waals surface area contributed by atoms with E-state index in [1.165, 1.54) is 0 Å². The van der Waals surface area contributed by atoms with Gasteiger partial charge in [-0.25, -0.2) is 0 Å². The van der Waals surface area contributed by atoms with E-state index in [0.29, 0.717) is 14.8 Å². The molecule has 2 aromatic rings. The summed E-state index contributed by atoms with van der Waals surface area (Å²) in [6.45, 7) is 0. The molecule has 2 rings (SSSR count). The predicted molar refractivity (Wildman–Crippen MR) is 61.4 cm³/mol. The van der Waals surface area contributed by atoms with Gasteiger partial charge in [0.2, 0.25) is 0 Å². The van der Waals surface area contributed by atoms with Crippen molar-refractivity contribution < 1.29 is 4.55 Å². The largest absolute Gasteiger partial charge is 0.606 e. The normalized spacial score (nSPS) is 12.4. The second kappa shape index (κ2) is 4.71. The van der Waals surface area contributed by atoms with E-state index >= 15 is 0 Å². The van der Waals surface area contributed by atoms with Gasteiger partial charge in [-0.2, -0.15) is 0 Å². The van der Waals surface area contributed by atoms with E-state index in [2.05, 4.69) is 6.07 Å². The first-order chi connectivity index (χ1) is 7.29. The summed E-state index contributed by atoms with van der Waals surface area (Å²) in [4.78, 5) is 1.27. The fourth-order valence-electron chi connectivity index (χ4n) is 1.21. The molecule has 0 saturated heterocycles. The molecule has 15 heavy (non-hydrogen) atoms. The Balaban J connectivity index is 2.37. The highest BCUT2D eigenvalue weighted by atomic mass is 35.5. The van der Waals surface area contributed by atoms with Crippen LogP contribution in [0, 0.1) is 6.07 Å². The molecule has 0 bridgehead atoms. The summed E-state index contributed by atoms with van der Waals surface area (Å²) in [6.07, 6.45) is 0. The first-order valence-corrected chi connectivity index (χ1v) is 5.95. The fourth-order valence-corrected chi connectivity index (χ4v) is 2.61. The van der Waals surface area contributed by atoms with Crippen molar-refractivity contribution in [3.63, 3.8) is 0 Å². The molecule has 2 aromatic carbocycles. The molecule has 1 atom stereocenters. The van der Waals surface area contributed by atoms with Gasteiger partial charge in [-0.3, -0.25) is 0 Å². The Hall–Kier alpha value is -0.960. The molecule has 1 nitrogen and oxygen atoms in total. The van der Waals surface area contributed by atoms with Gasteiger partial charge in [-0.1, -0.05) is 35.9 Å². The van der Waals surface area contributed by atoms with Crippen molar-refractivity contribution in [2.45, 2.75) is 9.79 Å². The van der Waals surface area contributed by atoms with E-state index in [4.69, 9.17) is 11.6 Å². The Morgan fingerprint density at radius 3 is 2.47 bits per heavy atom. The van der Waals surface area contributed by atoms with Crippen molar-refractivity contribution in [3.8, 4) is 0 Å². The maximum atomic E-state index is 12.1. The first-order valence-electron chi connectivity index (χ1n) is 4.42. The standard InChI is InChI=1S/C12H8ClOS/c13-11-8-4-5-9-12(11)15(14)10-6-2-1-3-7-10/h1-6,8-9H. The van der Waals surface area contributed by atoms with Crippen molar-refractivity contribution in [3.05, 3.63) is 59.6 Å². The Bertz CT molecular complexity index is 444. The van der Waals surface area contributed by atoms with Crippen LogP contribution in [0.2, 0.25) is 5.02 Å². The zero-order chi connectivity index (χ0) is 10.7.